The number of benzene rings is 1. The Labute approximate surface area is 138 Å². The van der Waals surface area contributed by atoms with Gasteiger partial charge in [-0.25, -0.2) is 4.68 Å². The van der Waals surface area contributed by atoms with Crippen LogP contribution in [0.4, 0.5) is 0 Å². The summed E-state index contributed by atoms with van der Waals surface area (Å²) in [5.41, 5.74) is 1.88. The van der Waals surface area contributed by atoms with E-state index < -0.39 is 0 Å². The minimum atomic E-state index is -0.105. The van der Waals surface area contributed by atoms with Crippen molar-refractivity contribution in [3.05, 3.63) is 47.0 Å². The molecule has 120 valence electrons. The van der Waals surface area contributed by atoms with E-state index in [4.69, 9.17) is 5.11 Å². The van der Waals surface area contributed by atoms with Crippen LogP contribution in [-0.4, -0.2) is 33.4 Å². The van der Waals surface area contributed by atoms with Gasteiger partial charge in [-0.3, -0.25) is 4.79 Å². The maximum atomic E-state index is 12.3. The Kier molecular flexibility index (Phi) is 4.45. The average Bonchev–Trinajstić information content (AvgIpc) is 3.09. The maximum Gasteiger partial charge on any atom is 0.261 e. The van der Waals surface area contributed by atoms with E-state index >= 15 is 0 Å². The lowest BCUT2D eigenvalue weighted by Gasteiger charge is -2.11. The number of hydrogen-bond donors (Lipinski definition) is 2. The number of nitrogens with zero attached hydrogens (tertiary/aromatic N) is 2. The SMILES string of the molecule is Cc1nn(-c2ccccc2)c2sc(C(=O)NC(C)CCO)cc12. The second kappa shape index (κ2) is 6.52. The maximum absolute atomic E-state index is 12.3. The summed E-state index contributed by atoms with van der Waals surface area (Å²) >= 11 is 1.43. The molecule has 1 amide bonds. The van der Waals surface area contributed by atoms with Crippen LogP contribution < -0.4 is 5.32 Å². The molecule has 2 heterocycles. The van der Waals surface area contributed by atoms with Gasteiger partial charge in [0.25, 0.3) is 5.91 Å². The largest absolute Gasteiger partial charge is 0.396 e. The Morgan fingerprint density at radius 1 is 1.39 bits per heavy atom. The fraction of sp³-hybridized carbons (Fsp3) is 0.294. The highest BCUT2D eigenvalue weighted by atomic mass is 32.1. The van der Waals surface area contributed by atoms with Gasteiger partial charge < -0.3 is 10.4 Å². The van der Waals surface area contributed by atoms with E-state index in [1.165, 1.54) is 11.3 Å². The Hall–Kier alpha value is -2.18. The molecule has 0 aliphatic carbocycles. The van der Waals surface area contributed by atoms with E-state index in [2.05, 4.69) is 10.4 Å². The van der Waals surface area contributed by atoms with Gasteiger partial charge in [-0.05, 0) is 38.5 Å². The number of thiophene rings is 1. The summed E-state index contributed by atoms with van der Waals surface area (Å²) in [4.78, 5) is 14.0. The van der Waals surface area contributed by atoms with Gasteiger partial charge in [-0.1, -0.05) is 18.2 Å². The molecule has 0 saturated heterocycles. The number of amides is 1. The summed E-state index contributed by atoms with van der Waals surface area (Å²) in [6.45, 7) is 3.90. The van der Waals surface area contributed by atoms with Crippen LogP contribution in [0.1, 0.15) is 28.7 Å². The quantitative estimate of drug-likeness (QED) is 0.756. The number of aliphatic hydroxyl groups is 1. The number of hydrogen-bond acceptors (Lipinski definition) is 4. The highest BCUT2D eigenvalue weighted by molar-refractivity contribution is 7.20. The molecule has 3 aromatic rings. The van der Waals surface area contributed by atoms with Crippen LogP contribution in [0.2, 0.25) is 0 Å². The van der Waals surface area contributed by atoms with Crippen LogP contribution in [0, 0.1) is 6.92 Å². The molecule has 6 heteroatoms. The molecule has 2 aromatic heterocycles. The number of aliphatic hydroxyl groups excluding tert-OH is 1. The van der Waals surface area contributed by atoms with Gasteiger partial charge in [0.05, 0.1) is 16.3 Å². The van der Waals surface area contributed by atoms with Crippen molar-refractivity contribution < 1.29 is 9.90 Å². The van der Waals surface area contributed by atoms with Crippen molar-refractivity contribution in [2.75, 3.05) is 6.61 Å². The summed E-state index contributed by atoms with van der Waals surface area (Å²) in [6, 6.07) is 11.7. The molecule has 0 aliphatic heterocycles. The monoisotopic (exact) mass is 329 g/mol. The van der Waals surface area contributed by atoms with Gasteiger partial charge in [0.15, 0.2) is 0 Å². The third kappa shape index (κ3) is 3.13. The Morgan fingerprint density at radius 3 is 2.83 bits per heavy atom. The van der Waals surface area contributed by atoms with Crippen molar-refractivity contribution in [2.24, 2.45) is 0 Å². The predicted octanol–water partition coefficient (Wildman–Crippen LogP) is 2.90. The van der Waals surface area contributed by atoms with Crippen LogP contribution in [0.5, 0.6) is 0 Å². The molecule has 2 N–H and O–H groups in total. The van der Waals surface area contributed by atoms with Crippen molar-refractivity contribution in [2.45, 2.75) is 26.3 Å². The number of nitrogens with one attached hydrogen (secondary N) is 1. The van der Waals surface area contributed by atoms with E-state index in [0.29, 0.717) is 11.3 Å². The third-order valence-electron chi connectivity index (χ3n) is 3.71. The lowest BCUT2D eigenvalue weighted by atomic mass is 10.2. The molecule has 5 nitrogen and oxygen atoms in total. The number of para-hydroxylation sites is 1. The third-order valence-corrected chi connectivity index (χ3v) is 4.82. The topological polar surface area (TPSA) is 67.2 Å². The Balaban J connectivity index is 1.95. The average molecular weight is 329 g/mol. The lowest BCUT2D eigenvalue weighted by Crippen LogP contribution is -2.32. The minimum absolute atomic E-state index is 0.0515. The van der Waals surface area contributed by atoms with Gasteiger partial charge >= 0.3 is 0 Å². The molecule has 1 atom stereocenters. The molecular weight excluding hydrogens is 310 g/mol. The summed E-state index contributed by atoms with van der Waals surface area (Å²) in [7, 11) is 0. The molecule has 0 spiro atoms. The molecule has 0 aliphatic rings. The van der Waals surface area contributed by atoms with Gasteiger partial charge in [0, 0.05) is 18.0 Å². The molecule has 0 saturated carbocycles. The summed E-state index contributed by atoms with van der Waals surface area (Å²) < 4.78 is 1.88. The summed E-state index contributed by atoms with van der Waals surface area (Å²) in [5.74, 6) is -0.105. The van der Waals surface area contributed by atoms with Crippen molar-refractivity contribution in [1.82, 2.24) is 15.1 Å². The first kappa shape index (κ1) is 15.7. The van der Waals surface area contributed by atoms with Crippen LogP contribution in [0.15, 0.2) is 36.4 Å². The molecule has 1 unspecified atom stereocenters. The minimum Gasteiger partial charge on any atom is -0.396 e. The first-order chi connectivity index (χ1) is 11.1. The molecule has 3 rings (SSSR count). The first-order valence-electron chi connectivity index (χ1n) is 7.56. The molecule has 0 bridgehead atoms. The second-order valence-corrected chi connectivity index (χ2v) is 6.58. The van der Waals surface area contributed by atoms with Gasteiger partial charge in [0.2, 0.25) is 0 Å². The van der Waals surface area contributed by atoms with Crippen LogP contribution >= 0.6 is 11.3 Å². The van der Waals surface area contributed by atoms with E-state index in [1.807, 2.05) is 54.9 Å². The van der Waals surface area contributed by atoms with Crippen molar-refractivity contribution in [1.29, 1.82) is 0 Å². The molecular formula is C17H19N3O2S. The van der Waals surface area contributed by atoms with Crippen molar-refractivity contribution >= 4 is 27.5 Å². The van der Waals surface area contributed by atoms with Crippen LogP contribution in [0.3, 0.4) is 0 Å². The summed E-state index contributed by atoms with van der Waals surface area (Å²) in [5, 5.41) is 17.4. The predicted molar refractivity (Wildman–Crippen MR) is 92.3 cm³/mol. The highest BCUT2D eigenvalue weighted by Crippen LogP contribution is 2.30. The molecule has 23 heavy (non-hydrogen) atoms. The number of fused-ring (bicyclic) bond motifs is 1. The van der Waals surface area contributed by atoms with Gasteiger partial charge in [-0.15, -0.1) is 11.3 Å². The van der Waals surface area contributed by atoms with E-state index in [0.717, 1.165) is 21.6 Å². The van der Waals surface area contributed by atoms with Gasteiger partial charge in [-0.2, -0.15) is 5.10 Å². The van der Waals surface area contributed by atoms with E-state index in [-0.39, 0.29) is 18.6 Å². The summed E-state index contributed by atoms with van der Waals surface area (Å²) in [6.07, 6.45) is 0.549. The van der Waals surface area contributed by atoms with Crippen LogP contribution in [-0.2, 0) is 0 Å². The molecule has 0 fully saturated rings. The molecule has 0 radical (unpaired) electrons. The fourth-order valence-corrected chi connectivity index (χ4v) is 3.55. The Bertz CT molecular complexity index is 823. The van der Waals surface area contributed by atoms with E-state index in [9.17, 15) is 4.79 Å². The van der Waals surface area contributed by atoms with E-state index in [1.54, 1.807) is 0 Å². The number of rotatable bonds is 5. The first-order valence-corrected chi connectivity index (χ1v) is 8.38. The number of aromatic nitrogens is 2. The normalized spacial score (nSPS) is 12.5. The standard InChI is InChI=1S/C17H19N3O2S/c1-11(8-9-21)18-16(22)15-10-14-12(2)19-20(17(14)23-15)13-6-4-3-5-7-13/h3-7,10-11,21H,8-9H2,1-2H3,(H,18,22). The van der Waals surface area contributed by atoms with Crippen molar-refractivity contribution in [3.8, 4) is 5.69 Å². The number of aryl methyl sites for hydroxylation is 1. The second-order valence-electron chi connectivity index (χ2n) is 5.55. The lowest BCUT2D eigenvalue weighted by molar-refractivity contribution is 0.0938. The number of carbonyl (C=O) groups is 1. The zero-order valence-electron chi connectivity index (χ0n) is 13.1. The highest BCUT2D eigenvalue weighted by Gasteiger charge is 2.18. The zero-order chi connectivity index (χ0) is 16.4. The van der Waals surface area contributed by atoms with Crippen molar-refractivity contribution in [3.63, 3.8) is 0 Å². The molecule has 1 aromatic carbocycles. The van der Waals surface area contributed by atoms with Gasteiger partial charge in [0.1, 0.15) is 4.83 Å². The fourth-order valence-electron chi connectivity index (χ4n) is 2.46. The Morgan fingerprint density at radius 2 is 2.13 bits per heavy atom. The smallest absolute Gasteiger partial charge is 0.261 e. The number of carbonyl (C=O) groups excluding carboxylic acids is 1. The van der Waals surface area contributed by atoms with Crippen LogP contribution in [0.25, 0.3) is 15.9 Å². The zero-order valence-corrected chi connectivity index (χ0v) is 13.9.